The number of carbonyl (C=O) groups excluding carboxylic acids is 1. The van der Waals surface area contributed by atoms with Crippen LogP contribution in [0.4, 0.5) is 4.79 Å². The number of ether oxygens (including phenoxy) is 1. The van der Waals surface area contributed by atoms with E-state index in [1.807, 2.05) is 20.8 Å². The van der Waals surface area contributed by atoms with Gasteiger partial charge < -0.3 is 20.3 Å². The number of nitrogens with zero attached hydrogens (tertiary/aromatic N) is 1. The minimum atomic E-state index is -0.402. The molecule has 1 aliphatic carbocycles. The summed E-state index contributed by atoms with van der Waals surface area (Å²) >= 11 is 0. The molecular weight excluding hydrogens is 278 g/mol. The lowest BCUT2D eigenvalue weighted by atomic mass is 9.92. The van der Waals surface area contributed by atoms with Crippen molar-refractivity contribution in [2.75, 3.05) is 19.6 Å². The summed E-state index contributed by atoms with van der Waals surface area (Å²) in [7, 11) is 0. The molecule has 0 bridgehead atoms. The topological polar surface area (TPSA) is 53.6 Å². The Kier molecular flexibility index (Phi) is 4.64. The molecule has 3 atom stereocenters. The Morgan fingerprint density at radius 2 is 1.95 bits per heavy atom. The Morgan fingerprint density at radius 1 is 1.18 bits per heavy atom. The van der Waals surface area contributed by atoms with Crippen LogP contribution in [-0.4, -0.2) is 54.4 Å². The molecule has 0 aromatic carbocycles. The third-order valence-corrected chi connectivity index (χ3v) is 5.17. The van der Waals surface area contributed by atoms with Crippen LogP contribution in [0.25, 0.3) is 0 Å². The Hall–Kier alpha value is -0.810. The van der Waals surface area contributed by atoms with Crippen molar-refractivity contribution in [2.45, 2.75) is 76.6 Å². The van der Waals surface area contributed by atoms with Crippen LogP contribution in [0.3, 0.4) is 0 Å². The monoisotopic (exact) mass is 309 g/mol. The van der Waals surface area contributed by atoms with E-state index in [1.54, 1.807) is 4.90 Å². The Morgan fingerprint density at radius 3 is 2.59 bits per heavy atom. The molecule has 0 radical (unpaired) electrons. The predicted molar refractivity (Wildman–Crippen MR) is 86.9 cm³/mol. The first-order valence-electron chi connectivity index (χ1n) is 8.90. The number of hydrogen-bond donors (Lipinski definition) is 2. The van der Waals surface area contributed by atoms with Crippen molar-refractivity contribution in [3.8, 4) is 0 Å². The maximum atomic E-state index is 12.0. The van der Waals surface area contributed by atoms with Gasteiger partial charge in [-0.3, -0.25) is 0 Å². The Bertz CT molecular complexity index is 395. The van der Waals surface area contributed by atoms with E-state index in [1.165, 1.54) is 38.6 Å². The second kappa shape index (κ2) is 6.36. The summed E-state index contributed by atoms with van der Waals surface area (Å²) in [5, 5.41) is 7.47. The summed E-state index contributed by atoms with van der Waals surface area (Å²) in [4.78, 5) is 13.8. The van der Waals surface area contributed by atoms with Gasteiger partial charge in [-0.25, -0.2) is 4.79 Å². The predicted octanol–water partition coefficient (Wildman–Crippen LogP) is 2.12. The van der Waals surface area contributed by atoms with Gasteiger partial charge in [0.15, 0.2) is 0 Å². The van der Waals surface area contributed by atoms with Crippen LogP contribution in [0.2, 0.25) is 0 Å². The standard InChI is InChI=1S/C17H31N3O2/c1-17(2,3)22-16(21)20-10-12(11-20)19-15-7-4-6-13(15)14-8-5-9-18-14/h12-15,18-19H,4-11H2,1-3H3. The number of carbonyl (C=O) groups is 1. The number of likely N-dealkylation sites (tertiary alicyclic amines) is 1. The molecule has 2 saturated heterocycles. The molecule has 0 spiro atoms. The summed E-state index contributed by atoms with van der Waals surface area (Å²) in [6.07, 6.45) is 6.44. The van der Waals surface area contributed by atoms with E-state index >= 15 is 0 Å². The fraction of sp³-hybridized carbons (Fsp3) is 0.941. The summed E-state index contributed by atoms with van der Waals surface area (Å²) in [5.74, 6) is 0.776. The molecule has 1 saturated carbocycles. The number of hydrogen-bond acceptors (Lipinski definition) is 4. The van der Waals surface area contributed by atoms with Crippen LogP contribution in [0.5, 0.6) is 0 Å². The molecule has 3 unspecified atom stereocenters. The van der Waals surface area contributed by atoms with Gasteiger partial charge in [0.2, 0.25) is 0 Å². The zero-order chi connectivity index (χ0) is 15.7. The maximum Gasteiger partial charge on any atom is 0.410 e. The van der Waals surface area contributed by atoms with Crippen LogP contribution in [0, 0.1) is 5.92 Å². The van der Waals surface area contributed by atoms with E-state index in [0.717, 1.165) is 19.0 Å². The smallest absolute Gasteiger partial charge is 0.410 e. The molecule has 3 rings (SSSR count). The molecule has 2 heterocycles. The summed E-state index contributed by atoms with van der Waals surface area (Å²) in [6, 6.07) is 1.78. The molecule has 1 amide bonds. The minimum absolute atomic E-state index is 0.175. The highest BCUT2D eigenvalue weighted by atomic mass is 16.6. The second-order valence-corrected chi connectivity index (χ2v) is 8.15. The van der Waals surface area contributed by atoms with Crippen molar-refractivity contribution < 1.29 is 9.53 Å². The average molecular weight is 309 g/mol. The van der Waals surface area contributed by atoms with Crippen molar-refractivity contribution in [1.82, 2.24) is 15.5 Å². The van der Waals surface area contributed by atoms with Crippen molar-refractivity contribution in [2.24, 2.45) is 5.92 Å². The summed E-state index contributed by atoms with van der Waals surface area (Å²) in [6.45, 7) is 8.50. The van der Waals surface area contributed by atoms with E-state index in [0.29, 0.717) is 18.1 Å². The van der Waals surface area contributed by atoms with Gasteiger partial charge in [0.05, 0.1) is 0 Å². The molecule has 0 aromatic rings. The number of nitrogens with one attached hydrogen (secondary N) is 2. The van der Waals surface area contributed by atoms with Gasteiger partial charge in [-0.1, -0.05) is 6.42 Å². The quantitative estimate of drug-likeness (QED) is 0.838. The first-order chi connectivity index (χ1) is 10.4. The maximum absolute atomic E-state index is 12.0. The molecule has 0 aromatic heterocycles. The molecule has 22 heavy (non-hydrogen) atoms. The first-order valence-corrected chi connectivity index (χ1v) is 8.90. The highest BCUT2D eigenvalue weighted by Gasteiger charge is 2.39. The molecule has 3 fully saturated rings. The molecular formula is C17H31N3O2. The van der Waals surface area contributed by atoms with Gasteiger partial charge in [-0.15, -0.1) is 0 Å². The van der Waals surface area contributed by atoms with Gasteiger partial charge in [0.1, 0.15) is 5.60 Å². The van der Waals surface area contributed by atoms with E-state index in [-0.39, 0.29) is 6.09 Å². The number of amides is 1. The van der Waals surface area contributed by atoms with Crippen LogP contribution in [-0.2, 0) is 4.74 Å². The zero-order valence-electron chi connectivity index (χ0n) is 14.2. The lowest BCUT2D eigenvalue weighted by Crippen LogP contribution is -2.63. The molecule has 126 valence electrons. The molecule has 2 N–H and O–H groups in total. The fourth-order valence-corrected chi connectivity index (χ4v) is 4.12. The normalized spacial score (nSPS) is 33.0. The van der Waals surface area contributed by atoms with Gasteiger partial charge in [-0.2, -0.15) is 0 Å². The van der Waals surface area contributed by atoms with E-state index in [2.05, 4.69) is 10.6 Å². The second-order valence-electron chi connectivity index (χ2n) is 8.15. The zero-order valence-corrected chi connectivity index (χ0v) is 14.2. The van der Waals surface area contributed by atoms with Gasteiger partial charge in [0.25, 0.3) is 0 Å². The van der Waals surface area contributed by atoms with Crippen molar-refractivity contribution >= 4 is 6.09 Å². The van der Waals surface area contributed by atoms with Crippen LogP contribution in [0.15, 0.2) is 0 Å². The van der Waals surface area contributed by atoms with Crippen molar-refractivity contribution in [3.63, 3.8) is 0 Å². The largest absolute Gasteiger partial charge is 0.444 e. The molecule has 5 heteroatoms. The SMILES string of the molecule is CC(C)(C)OC(=O)N1CC(NC2CCCC2C2CCCN2)C1. The average Bonchev–Trinajstić information content (AvgIpc) is 3.01. The highest BCUT2D eigenvalue weighted by Crippen LogP contribution is 2.32. The lowest BCUT2D eigenvalue weighted by Gasteiger charge is -2.42. The minimum Gasteiger partial charge on any atom is -0.444 e. The van der Waals surface area contributed by atoms with Gasteiger partial charge in [-0.05, 0) is 58.9 Å². The van der Waals surface area contributed by atoms with Crippen LogP contribution < -0.4 is 10.6 Å². The van der Waals surface area contributed by atoms with Crippen molar-refractivity contribution in [3.05, 3.63) is 0 Å². The Balaban J connectivity index is 1.42. The fourth-order valence-electron chi connectivity index (χ4n) is 4.12. The molecule has 3 aliphatic rings. The summed E-state index contributed by atoms with van der Waals surface area (Å²) < 4.78 is 5.41. The Labute approximate surface area is 134 Å². The number of rotatable bonds is 3. The van der Waals surface area contributed by atoms with Crippen LogP contribution in [0.1, 0.15) is 52.9 Å². The van der Waals surface area contributed by atoms with Gasteiger partial charge >= 0.3 is 6.09 Å². The van der Waals surface area contributed by atoms with Gasteiger partial charge in [0, 0.05) is 31.2 Å². The lowest BCUT2D eigenvalue weighted by molar-refractivity contribution is 0.00343. The van der Waals surface area contributed by atoms with Crippen molar-refractivity contribution in [1.29, 1.82) is 0 Å². The van der Waals surface area contributed by atoms with E-state index in [9.17, 15) is 4.79 Å². The first kappa shape index (κ1) is 16.1. The third-order valence-electron chi connectivity index (χ3n) is 5.17. The molecule has 5 nitrogen and oxygen atoms in total. The van der Waals surface area contributed by atoms with Crippen LogP contribution >= 0.6 is 0 Å². The highest BCUT2D eigenvalue weighted by molar-refractivity contribution is 5.69. The third kappa shape index (κ3) is 3.74. The van der Waals surface area contributed by atoms with E-state index in [4.69, 9.17) is 4.74 Å². The van der Waals surface area contributed by atoms with E-state index < -0.39 is 5.60 Å². The summed E-state index contributed by atoms with van der Waals surface area (Å²) in [5.41, 5.74) is -0.402. The molecule has 2 aliphatic heterocycles.